The Kier molecular flexibility index (Phi) is 5.14. The second kappa shape index (κ2) is 6.80. The van der Waals surface area contributed by atoms with Gasteiger partial charge in [0, 0.05) is 9.86 Å². The lowest BCUT2D eigenvalue weighted by Crippen LogP contribution is -2.53. The van der Waals surface area contributed by atoms with E-state index >= 15 is 0 Å². The summed E-state index contributed by atoms with van der Waals surface area (Å²) in [7, 11) is 0. The van der Waals surface area contributed by atoms with Crippen LogP contribution in [0.4, 0.5) is 4.79 Å². The first-order valence-corrected chi connectivity index (χ1v) is 10.2. The van der Waals surface area contributed by atoms with E-state index in [4.69, 9.17) is 4.74 Å². The van der Waals surface area contributed by atoms with Crippen molar-refractivity contribution in [1.82, 2.24) is 10.6 Å². The van der Waals surface area contributed by atoms with Gasteiger partial charge in [-0.1, -0.05) is 15.9 Å². The van der Waals surface area contributed by atoms with Gasteiger partial charge in [0.05, 0.1) is 6.42 Å². The molecule has 4 aliphatic carbocycles. The Labute approximate surface area is 163 Å². The van der Waals surface area contributed by atoms with Crippen LogP contribution in [0.5, 0.6) is 0 Å². The Morgan fingerprint density at radius 3 is 2.27 bits per heavy atom. The van der Waals surface area contributed by atoms with Crippen molar-refractivity contribution >= 4 is 33.8 Å². The topological polar surface area (TPSA) is 84.5 Å². The van der Waals surface area contributed by atoms with Crippen molar-refractivity contribution in [1.29, 1.82) is 0 Å². The number of ether oxygens (including phenoxy) is 1. The van der Waals surface area contributed by atoms with Crippen LogP contribution in [0.1, 0.15) is 65.7 Å². The van der Waals surface area contributed by atoms with Crippen molar-refractivity contribution in [2.45, 2.75) is 75.6 Å². The molecular formula is C19H29BrN2O4. The van der Waals surface area contributed by atoms with Gasteiger partial charge in [0.2, 0.25) is 0 Å². The molecule has 4 atom stereocenters. The highest BCUT2D eigenvalue weighted by Gasteiger charge is 2.57. The molecule has 4 saturated carbocycles. The zero-order valence-corrected chi connectivity index (χ0v) is 17.4. The maximum Gasteiger partial charge on any atom is 0.321 e. The Morgan fingerprint density at radius 1 is 1.12 bits per heavy atom. The number of esters is 1. The van der Waals surface area contributed by atoms with Crippen LogP contribution in [-0.4, -0.2) is 34.4 Å². The van der Waals surface area contributed by atoms with Crippen molar-refractivity contribution in [3.63, 3.8) is 0 Å². The molecule has 26 heavy (non-hydrogen) atoms. The fraction of sp³-hybridized carbons (Fsp3) is 0.842. The molecule has 4 bridgehead atoms. The Bertz CT molecular complexity index is 599. The number of urea groups is 1. The first-order chi connectivity index (χ1) is 12.0. The average molecular weight is 429 g/mol. The van der Waals surface area contributed by atoms with Gasteiger partial charge in [-0.3, -0.25) is 14.9 Å². The van der Waals surface area contributed by atoms with Crippen LogP contribution in [0, 0.1) is 17.3 Å². The number of hydrogen-bond donors (Lipinski definition) is 2. The second-order valence-corrected chi connectivity index (χ2v) is 11.4. The maximum atomic E-state index is 12.3. The quantitative estimate of drug-likeness (QED) is 0.531. The molecule has 2 unspecified atom stereocenters. The standard InChI is InChI=1S/C19H29BrN2O4/c1-17(2,3)22-16(25)21-14(23)10-26-15(24)9-18-5-12-4-13(6-18)8-19(20,7-12)11-18/h12-13H,4-11H2,1-3H3,(H2,21,22,23,25)/t12-,13+,18?,19?. The van der Waals surface area contributed by atoms with Crippen LogP contribution in [-0.2, 0) is 14.3 Å². The molecule has 0 aromatic heterocycles. The highest BCUT2D eigenvalue weighted by Crippen LogP contribution is 2.65. The molecule has 3 amide bonds. The van der Waals surface area contributed by atoms with E-state index in [9.17, 15) is 14.4 Å². The van der Waals surface area contributed by atoms with E-state index in [1.165, 1.54) is 19.3 Å². The second-order valence-electron chi connectivity index (χ2n) is 9.70. The molecule has 0 heterocycles. The van der Waals surface area contributed by atoms with Gasteiger partial charge in [0.1, 0.15) is 0 Å². The number of imide groups is 1. The Hall–Kier alpha value is -1.11. The third kappa shape index (κ3) is 4.78. The third-order valence-corrected chi connectivity index (χ3v) is 6.66. The van der Waals surface area contributed by atoms with Crippen molar-refractivity contribution in [2.75, 3.05) is 6.61 Å². The summed E-state index contributed by atoms with van der Waals surface area (Å²) in [5, 5.41) is 4.81. The van der Waals surface area contributed by atoms with E-state index in [0.29, 0.717) is 18.3 Å². The molecule has 0 aromatic rings. The van der Waals surface area contributed by atoms with Crippen molar-refractivity contribution in [2.24, 2.45) is 17.3 Å². The molecule has 146 valence electrons. The molecule has 4 fully saturated rings. The zero-order chi connectivity index (χ0) is 19.2. The SMILES string of the molecule is CC(C)(C)NC(=O)NC(=O)COC(=O)CC12C[C@@H]3C[C@@H](CC(Br)(C3)C1)C2. The lowest BCUT2D eigenvalue weighted by molar-refractivity contribution is -0.154. The summed E-state index contributed by atoms with van der Waals surface area (Å²) in [5.41, 5.74) is -0.421. The lowest BCUT2D eigenvalue weighted by atomic mass is 9.49. The predicted molar refractivity (Wildman–Crippen MR) is 101 cm³/mol. The minimum Gasteiger partial charge on any atom is -0.456 e. The third-order valence-electron chi connectivity index (χ3n) is 5.74. The summed E-state index contributed by atoms with van der Waals surface area (Å²) in [6, 6.07) is -0.583. The first kappa shape index (κ1) is 19.6. The van der Waals surface area contributed by atoms with E-state index in [1.807, 2.05) is 20.8 Å². The first-order valence-electron chi connectivity index (χ1n) is 9.43. The fourth-order valence-electron chi connectivity index (χ4n) is 5.58. The molecular weight excluding hydrogens is 400 g/mol. The fourth-order valence-corrected chi connectivity index (χ4v) is 7.09. The van der Waals surface area contributed by atoms with E-state index in [-0.39, 0.29) is 15.7 Å². The summed E-state index contributed by atoms with van der Waals surface area (Å²) < 4.78 is 5.35. The molecule has 2 N–H and O–H groups in total. The number of alkyl halides is 1. The van der Waals surface area contributed by atoms with Crippen LogP contribution < -0.4 is 10.6 Å². The number of amides is 3. The van der Waals surface area contributed by atoms with Crippen molar-refractivity contribution in [3.8, 4) is 0 Å². The molecule has 0 radical (unpaired) electrons. The highest BCUT2D eigenvalue weighted by atomic mass is 79.9. The molecule has 7 heteroatoms. The van der Waals surface area contributed by atoms with Gasteiger partial charge in [-0.25, -0.2) is 4.79 Å². The van der Waals surface area contributed by atoms with Gasteiger partial charge in [-0.15, -0.1) is 0 Å². The number of halogens is 1. The molecule has 0 aliphatic heterocycles. The monoisotopic (exact) mass is 428 g/mol. The minimum atomic E-state index is -0.609. The molecule has 0 saturated heterocycles. The summed E-state index contributed by atoms with van der Waals surface area (Å²) in [6.07, 6.45) is 7.28. The van der Waals surface area contributed by atoms with Gasteiger partial charge >= 0.3 is 12.0 Å². The summed E-state index contributed by atoms with van der Waals surface area (Å²) in [5.74, 6) is 0.456. The number of carbonyl (C=O) groups excluding carboxylic acids is 3. The van der Waals surface area contributed by atoms with Gasteiger partial charge in [-0.2, -0.15) is 0 Å². The molecule has 0 aromatic carbocycles. The maximum absolute atomic E-state index is 12.3. The van der Waals surface area contributed by atoms with E-state index < -0.39 is 24.1 Å². The van der Waals surface area contributed by atoms with Crippen molar-refractivity contribution < 1.29 is 19.1 Å². The van der Waals surface area contributed by atoms with E-state index in [1.54, 1.807) is 0 Å². The smallest absolute Gasteiger partial charge is 0.321 e. The Balaban J connectivity index is 1.46. The lowest BCUT2D eigenvalue weighted by Gasteiger charge is -2.60. The summed E-state index contributed by atoms with van der Waals surface area (Å²) in [6.45, 7) is 5.04. The normalized spacial score (nSPS) is 35.1. The average Bonchev–Trinajstić information content (AvgIpc) is 2.39. The number of hydrogen-bond acceptors (Lipinski definition) is 4. The molecule has 4 aliphatic rings. The van der Waals surface area contributed by atoms with E-state index in [2.05, 4.69) is 26.6 Å². The van der Waals surface area contributed by atoms with Crippen LogP contribution in [0.25, 0.3) is 0 Å². The largest absolute Gasteiger partial charge is 0.456 e. The van der Waals surface area contributed by atoms with Crippen LogP contribution >= 0.6 is 15.9 Å². The number of rotatable bonds is 4. The van der Waals surface area contributed by atoms with Gasteiger partial charge in [0.25, 0.3) is 5.91 Å². The van der Waals surface area contributed by atoms with Crippen LogP contribution in [0.2, 0.25) is 0 Å². The van der Waals surface area contributed by atoms with Crippen LogP contribution in [0.3, 0.4) is 0 Å². The Morgan fingerprint density at radius 2 is 1.73 bits per heavy atom. The molecule has 6 nitrogen and oxygen atoms in total. The number of nitrogens with one attached hydrogen (secondary N) is 2. The zero-order valence-electron chi connectivity index (χ0n) is 15.8. The molecule has 0 spiro atoms. The minimum absolute atomic E-state index is 0.0186. The van der Waals surface area contributed by atoms with Gasteiger partial charge in [-0.05, 0) is 76.5 Å². The van der Waals surface area contributed by atoms with Crippen molar-refractivity contribution in [3.05, 3.63) is 0 Å². The van der Waals surface area contributed by atoms with E-state index in [0.717, 1.165) is 19.3 Å². The number of carbonyl (C=O) groups is 3. The van der Waals surface area contributed by atoms with Gasteiger partial charge in [0.15, 0.2) is 6.61 Å². The summed E-state index contributed by atoms with van der Waals surface area (Å²) >= 11 is 3.93. The summed E-state index contributed by atoms with van der Waals surface area (Å²) in [4.78, 5) is 35.8. The van der Waals surface area contributed by atoms with Gasteiger partial charge < -0.3 is 10.1 Å². The van der Waals surface area contributed by atoms with Crippen LogP contribution in [0.15, 0.2) is 0 Å². The predicted octanol–water partition coefficient (Wildman–Crippen LogP) is 3.28. The highest BCUT2D eigenvalue weighted by molar-refractivity contribution is 9.10. The molecule has 4 rings (SSSR count).